The summed E-state index contributed by atoms with van der Waals surface area (Å²) in [7, 11) is 1.69. The molecule has 1 aromatic rings. The van der Waals surface area contributed by atoms with Crippen LogP contribution in [0.3, 0.4) is 0 Å². The van der Waals surface area contributed by atoms with Crippen molar-refractivity contribution in [2.75, 3.05) is 13.6 Å². The Kier molecular flexibility index (Phi) is 4.64. The van der Waals surface area contributed by atoms with E-state index in [1.807, 2.05) is 20.8 Å². The van der Waals surface area contributed by atoms with Crippen molar-refractivity contribution in [3.63, 3.8) is 0 Å². The van der Waals surface area contributed by atoms with E-state index in [0.717, 1.165) is 24.5 Å². The maximum Gasteiger partial charge on any atom is 0.416 e. The molecule has 2 rings (SSSR count). The zero-order chi connectivity index (χ0) is 17.3. The Morgan fingerprint density at radius 3 is 2.35 bits per heavy atom. The van der Waals surface area contributed by atoms with Crippen molar-refractivity contribution in [2.24, 2.45) is 4.99 Å². The van der Waals surface area contributed by atoms with Gasteiger partial charge in [-0.25, -0.2) is 0 Å². The van der Waals surface area contributed by atoms with E-state index < -0.39 is 11.7 Å². The molecule has 0 amide bonds. The zero-order valence-electron chi connectivity index (χ0n) is 14.0. The van der Waals surface area contributed by atoms with Crippen LogP contribution in [-0.2, 0) is 11.6 Å². The van der Waals surface area contributed by atoms with Gasteiger partial charge in [0.15, 0.2) is 5.96 Å². The van der Waals surface area contributed by atoms with Crippen molar-refractivity contribution in [1.82, 2.24) is 10.6 Å². The molecule has 1 fully saturated rings. The van der Waals surface area contributed by atoms with Crippen LogP contribution in [0, 0.1) is 0 Å². The number of hydrogen-bond donors (Lipinski definition) is 2. The number of rotatable bonds is 3. The van der Waals surface area contributed by atoms with Crippen molar-refractivity contribution < 1.29 is 13.2 Å². The number of alkyl halides is 3. The fourth-order valence-corrected chi connectivity index (χ4v) is 2.53. The summed E-state index contributed by atoms with van der Waals surface area (Å²) >= 11 is 0. The second-order valence-electron chi connectivity index (χ2n) is 7.16. The van der Waals surface area contributed by atoms with Gasteiger partial charge >= 0.3 is 6.18 Å². The molecule has 0 atom stereocenters. The van der Waals surface area contributed by atoms with E-state index in [2.05, 4.69) is 15.6 Å². The molecular weight excluding hydrogens is 303 g/mol. The van der Waals surface area contributed by atoms with Gasteiger partial charge in [0.05, 0.1) is 5.56 Å². The first kappa shape index (κ1) is 17.6. The van der Waals surface area contributed by atoms with Crippen molar-refractivity contribution in [2.45, 2.75) is 50.7 Å². The lowest BCUT2D eigenvalue weighted by Gasteiger charge is -2.26. The normalized spacial score (nSPS) is 17.8. The number of nitrogens with one attached hydrogen (secondary N) is 2. The van der Waals surface area contributed by atoms with Crippen LogP contribution in [0.2, 0.25) is 0 Å². The molecule has 6 heteroatoms. The molecule has 0 aliphatic heterocycles. The number of guanidine groups is 1. The molecule has 128 valence electrons. The molecule has 2 N–H and O–H groups in total. The molecule has 1 saturated carbocycles. The molecule has 3 nitrogen and oxygen atoms in total. The van der Waals surface area contributed by atoms with Gasteiger partial charge in [-0.2, -0.15) is 13.2 Å². The van der Waals surface area contributed by atoms with Gasteiger partial charge in [-0.1, -0.05) is 18.2 Å². The SMILES string of the molecule is CN=C(NCC1(c2cccc(C(F)(F)F)c2)CC1)NC(C)(C)C. The minimum absolute atomic E-state index is 0.130. The van der Waals surface area contributed by atoms with Crippen LogP contribution < -0.4 is 10.6 Å². The molecule has 0 saturated heterocycles. The third-order valence-electron chi connectivity index (χ3n) is 3.97. The molecule has 0 aromatic heterocycles. The highest BCUT2D eigenvalue weighted by atomic mass is 19.4. The first-order chi connectivity index (χ1) is 10.6. The predicted molar refractivity (Wildman–Crippen MR) is 86.6 cm³/mol. The number of halogens is 3. The number of nitrogens with zero attached hydrogens (tertiary/aromatic N) is 1. The minimum Gasteiger partial charge on any atom is -0.356 e. The number of benzene rings is 1. The fourth-order valence-electron chi connectivity index (χ4n) is 2.53. The zero-order valence-corrected chi connectivity index (χ0v) is 14.0. The van der Waals surface area contributed by atoms with E-state index in [-0.39, 0.29) is 11.0 Å². The minimum atomic E-state index is -4.30. The van der Waals surface area contributed by atoms with Crippen LogP contribution in [0.5, 0.6) is 0 Å². The molecule has 1 aliphatic carbocycles. The summed E-state index contributed by atoms with van der Waals surface area (Å²) in [5.41, 5.74) is -0.199. The molecule has 0 radical (unpaired) electrons. The van der Waals surface area contributed by atoms with E-state index in [1.54, 1.807) is 13.1 Å². The average Bonchev–Trinajstić information content (AvgIpc) is 3.23. The van der Waals surface area contributed by atoms with Gasteiger partial charge in [-0.3, -0.25) is 4.99 Å². The summed E-state index contributed by atoms with van der Waals surface area (Å²) in [6.07, 6.45) is -2.54. The van der Waals surface area contributed by atoms with E-state index in [0.29, 0.717) is 12.5 Å². The number of aliphatic imine (C=N–C) groups is 1. The highest BCUT2D eigenvalue weighted by molar-refractivity contribution is 5.80. The summed E-state index contributed by atoms with van der Waals surface area (Å²) in [6, 6.07) is 5.66. The summed E-state index contributed by atoms with van der Waals surface area (Å²) in [6.45, 7) is 6.66. The second-order valence-corrected chi connectivity index (χ2v) is 7.16. The summed E-state index contributed by atoms with van der Waals surface area (Å²) in [4.78, 5) is 4.17. The lowest BCUT2D eigenvalue weighted by molar-refractivity contribution is -0.137. The van der Waals surface area contributed by atoms with Gasteiger partial charge in [0.1, 0.15) is 0 Å². The topological polar surface area (TPSA) is 36.4 Å². The van der Waals surface area contributed by atoms with Crippen LogP contribution in [0.15, 0.2) is 29.3 Å². The van der Waals surface area contributed by atoms with Gasteiger partial charge in [0.25, 0.3) is 0 Å². The summed E-state index contributed by atoms with van der Waals surface area (Å²) in [5.74, 6) is 0.663. The Labute approximate surface area is 135 Å². The molecule has 0 bridgehead atoms. The van der Waals surface area contributed by atoms with E-state index in [9.17, 15) is 13.2 Å². The smallest absolute Gasteiger partial charge is 0.356 e. The maximum absolute atomic E-state index is 12.9. The quantitative estimate of drug-likeness (QED) is 0.656. The maximum atomic E-state index is 12.9. The van der Waals surface area contributed by atoms with Gasteiger partial charge in [0.2, 0.25) is 0 Å². The Balaban J connectivity index is 2.09. The fraction of sp³-hybridized carbons (Fsp3) is 0.588. The van der Waals surface area contributed by atoms with Crippen LogP contribution in [0.25, 0.3) is 0 Å². The first-order valence-corrected chi connectivity index (χ1v) is 7.72. The van der Waals surface area contributed by atoms with Crippen molar-refractivity contribution in [3.05, 3.63) is 35.4 Å². The Morgan fingerprint density at radius 2 is 1.87 bits per heavy atom. The van der Waals surface area contributed by atoms with Crippen LogP contribution in [0.4, 0.5) is 13.2 Å². The third-order valence-corrected chi connectivity index (χ3v) is 3.97. The standard InChI is InChI=1S/C17H24F3N3/c1-15(2,3)23-14(21-4)22-11-16(8-9-16)12-6-5-7-13(10-12)17(18,19)20/h5-7,10H,8-9,11H2,1-4H3,(H2,21,22,23). The van der Waals surface area contributed by atoms with E-state index in [4.69, 9.17) is 0 Å². The van der Waals surface area contributed by atoms with Gasteiger partial charge in [-0.05, 0) is 45.2 Å². The van der Waals surface area contributed by atoms with Crippen molar-refractivity contribution in [3.8, 4) is 0 Å². The van der Waals surface area contributed by atoms with Crippen LogP contribution in [-0.4, -0.2) is 25.1 Å². The lowest BCUT2D eigenvalue weighted by Crippen LogP contribution is -2.49. The van der Waals surface area contributed by atoms with Crippen molar-refractivity contribution in [1.29, 1.82) is 0 Å². The molecule has 23 heavy (non-hydrogen) atoms. The Bertz CT molecular complexity index is 581. The van der Waals surface area contributed by atoms with E-state index in [1.165, 1.54) is 12.1 Å². The second kappa shape index (κ2) is 6.06. The molecule has 0 unspecified atom stereocenters. The Morgan fingerprint density at radius 1 is 1.22 bits per heavy atom. The summed E-state index contributed by atoms with van der Waals surface area (Å²) < 4.78 is 38.7. The molecule has 0 spiro atoms. The molecule has 1 aromatic carbocycles. The monoisotopic (exact) mass is 327 g/mol. The lowest BCUT2D eigenvalue weighted by atomic mass is 9.94. The van der Waals surface area contributed by atoms with Gasteiger partial charge in [0, 0.05) is 24.5 Å². The first-order valence-electron chi connectivity index (χ1n) is 7.72. The third kappa shape index (κ3) is 4.62. The van der Waals surface area contributed by atoms with Crippen molar-refractivity contribution >= 4 is 5.96 Å². The largest absolute Gasteiger partial charge is 0.416 e. The predicted octanol–water partition coefficient (Wildman–Crippen LogP) is 3.70. The highest BCUT2D eigenvalue weighted by Crippen LogP contribution is 2.48. The van der Waals surface area contributed by atoms with Crippen LogP contribution >= 0.6 is 0 Å². The van der Waals surface area contributed by atoms with Gasteiger partial charge < -0.3 is 10.6 Å². The number of hydrogen-bond acceptors (Lipinski definition) is 1. The van der Waals surface area contributed by atoms with Gasteiger partial charge in [-0.15, -0.1) is 0 Å². The molecular formula is C17H24F3N3. The molecule has 0 heterocycles. The Hall–Kier alpha value is -1.72. The van der Waals surface area contributed by atoms with Crippen LogP contribution in [0.1, 0.15) is 44.7 Å². The van der Waals surface area contributed by atoms with E-state index >= 15 is 0 Å². The summed E-state index contributed by atoms with van der Waals surface area (Å²) in [5, 5.41) is 6.50. The average molecular weight is 327 g/mol. The highest BCUT2D eigenvalue weighted by Gasteiger charge is 2.45. The molecule has 1 aliphatic rings.